The minimum atomic E-state index is -4.74. The van der Waals surface area contributed by atoms with Crippen LogP contribution in [0.4, 0.5) is 0 Å². The fraction of sp³-hybridized carbons (Fsp3) is 0.458. The minimum Gasteiger partial charge on any atom is -0.810 e. The van der Waals surface area contributed by atoms with Crippen LogP contribution in [0, 0.1) is 0 Å². The van der Waals surface area contributed by atoms with Gasteiger partial charge in [0.2, 0.25) is 0 Å². The van der Waals surface area contributed by atoms with Crippen LogP contribution in [0.3, 0.4) is 0 Å². The van der Waals surface area contributed by atoms with Crippen molar-refractivity contribution in [3.05, 3.63) is 70.8 Å². The molecule has 41 heavy (non-hydrogen) atoms. The number of hydrogen-bond acceptors (Lipinski definition) is 11. The second kappa shape index (κ2) is 22.6. The van der Waals surface area contributed by atoms with Crippen LogP contribution in [0.5, 0.6) is 0 Å². The quantitative estimate of drug-likeness (QED) is 0.106. The van der Waals surface area contributed by atoms with Gasteiger partial charge < -0.3 is 43.7 Å². The standard InChI is InChI=1S/C24H35NO10P2.4Na/c1-2-3-23(28)35-18-24(16-26,17-27)25(12-19-4-8-21(9-5-19)14-36(29,30)31)13-20-6-10-22(11-7-20)15-37(32,33)34;;;;/h4-11,26-27H,2-3,12-18H2,1H3,(H2,29,30,31)(H2,32,33,34);;;;/q;4*+1/p-4. The van der Waals surface area contributed by atoms with E-state index in [1.54, 1.807) is 29.2 Å². The molecule has 0 saturated carbocycles. The number of nitrogens with zero attached hydrogens (tertiary/aromatic N) is 1. The number of carbonyl (C=O) groups is 1. The molecule has 0 radical (unpaired) electrons. The first-order valence-corrected chi connectivity index (χ1v) is 15.0. The molecular weight excluding hydrogens is 616 g/mol. The normalized spacial score (nSPS) is 11.4. The molecule has 0 saturated heterocycles. The molecule has 0 aliphatic rings. The third-order valence-electron chi connectivity index (χ3n) is 5.76. The number of carbonyl (C=O) groups excluding carboxylic acids is 1. The van der Waals surface area contributed by atoms with E-state index in [1.165, 1.54) is 24.3 Å². The van der Waals surface area contributed by atoms with Gasteiger partial charge in [-0.2, -0.15) is 0 Å². The van der Waals surface area contributed by atoms with E-state index in [1.807, 2.05) is 6.92 Å². The summed E-state index contributed by atoms with van der Waals surface area (Å²) in [5, 5.41) is 20.6. The Balaban J connectivity index is -0.00000361. The van der Waals surface area contributed by atoms with Gasteiger partial charge in [0.15, 0.2) is 0 Å². The molecule has 2 aromatic rings. The number of aliphatic hydroxyl groups is 2. The van der Waals surface area contributed by atoms with Crippen molar-refractivity contribution in [1.29, 1.82) is 0 Å². The summed E-state index contributed by atoms with van der Waals surface area (Å²) < 4.78 is 27.5. The van der Waals surface area contributed by atoms with Crippen molar-refractivity contribution in [1.82, 2.24) is 4.90 Å². The van der Waals surface area contributed by atoms with Crippen molar-refractivity contribution in [3.63, 3.8) is 0 Å². The second-order valence-electron chi connectivity index (χ2n) is 8.98. The molecule has 2 N–H and O–H groups in total. The first-order chi connectivity index (χ1) is 17.3. The van der Waals surface area contributed by atoms with Gasteiger partial charge in [0.05, 0.1) is 13.2 Å². The average molecular weight is 647 g/mol. The van der Waals surface area contributed by atoms with Crippen molar-refractivity contribution >= 4 is 21.2 Å². The number of aliphatic hydroxyl groups excluding tert-OH is 2. The Morgan fingerprint density at radius 1 is 0.756 bits per heavy atom. The predicted octanol–water partition coefficient (Wildman–Crippen LogP) is -12.4. The summed E-state index contributed by atoms with van der Waals surface area (Å²) in [7, 11) is -9.47. The molecule has 0 heterocycles. The molecular formula is C24H31NNa4O10P2. The Bertz CT molecular complexity index is 1040. The van der Waals surface area contributed by atoms with Gasteiger partial charge in [-0.25, -0.2) is 0 Å². The molecule has 17 heteroatoms. The smallest absolute Gasteiger partial charge is 0.810 e. The van der Waals surface area contributed by atoms with Crippen molar-refractivity contribution in [2.24, 2.45) is 0 Å². The van der Waals surface area contributed by atoms with Crippen LogP contribution in [0.25, 0.3) is 0 Å². The van der Waals surface area contributed by atoms with Crippen LogP contribution in [0.2, 0.25) is 0 Å². The van der Waals surface area contributed by atoms with E-state index in [9.17, 15) is 43.7 Å². The first kappa shape index (κ1) is 47.5. The summed E-state index contributed by atoms with van der Waals surface area (Å²) in [5.74, 6) is -0.484. The molecule has 0 atom stereocenters. The SMILES string of the molecule is CCCC(=O)OCC(CO)(CO)N(Cc1ccc(CP(=O)([O-])[O-])cc1)Cc1ccc(CP(=O)([O-])[O-])cc1.[Na+].[Na+].[Na+].[Na+]. The molecule has 0 fully saturated rings. The number of ether oxygens (including phenoxy) is 1. The Labute approximate surface area is 329 Å². The molecule has 0 amide bonds. The summed E-state index contributed by atoms with van der Waals surface area (Å²) in [6, 6.07) is 12.4. The van der Waals surface area contributed by atoms with Crippen LogP contribution in [-0.4, -0.2) is 46.4 Å². The molecule has 0 aliphatic heterocycles. The van der Waals surface area contributed by atoms with Crippen molar-refractivity contribution < 1.29 is 167 Å². The first-order valence-electron chi connectivity index (χ1n) is 11.6. The van der Waals surface area contributed by atoms with Crippen molar-refractivity contribution in [2.75, 3.05) is 19.8 Å². The fourth-order valence-electron chi connectivity index (χ4n) is 3.70. The predicted molar refractivity (Wildman–Crippen MR) is 128 cm³/mol. The van der Waals surface area contributed by atoms with E-state index < -0.39 is 52.2 Å². The van der Waals surface area contributed by atoms with Crippen LogP contribution in [0.1, 0.15) is 42.0 Å². The number of benzene rings is 2. The van der Waals surface area contributed by atoms with Gasteiger partial charge in [0.25, 0.3) is 0 Å². The van der Waals surface area contributed by atoms with E-state index in [0.717, 1.165) is 0 Å². The Morgan fingerprint density at radius 2 is 1.10 bits per heavy atom. The van der Waals surface area contributed by atoms with Crippen molar-refractivity contribution in [3.8, 4) is 0 Å². The summed E-state index contributed by atoms with van der Waals surface area (Å²) in [6.45, 7) is 0.645. The van der Waals surface area contributed by atoms with E-state index in [4.69, 9.17) is 4.74 Å². The summed E-state index contributed by atoms with van der Waals surface area (Å²) in [5.41, 5.74) is 0.573. The molecule has 0 unspecified atom stereocenters. The largest absolute Gasteiger partial charge is 1.00 e. The number of hydrogen-bond donors (Lipinski definition) is 2. The van der Waals surface area contributed by atoms with E-state index in [0.29, 0.717) is 28.7 Å². The van der Waals surface area contributed by atoms with Gasteiger partial charge in [-0.1, -0.05) is 70.6 Å². The summed E-state index contributed by atoms with van der Waals surface area (Å²) >= 11 is 0. The zero-order valence-corrected chi connectivity index (χ0v) is 34.3. The maximum absolute atomic E-state index is 12.0. The minimum absolute atomic E-state index is 0. The molecule has 2 rings (SSSR count). The molecule has 2 aromatic carbocycles. The maximum atomic E-state index is 12.0. The average Bonchev–Trinajstić information content (AvgIpc) is 2.80. The second-order valence-corrected chi connectivity index (χ2v) is 12.1. The number of esters is 1. The summed E-state index contributed by atoms with van der Waals surface area (Å²) in [4.78, 5) is 58.0. The Morgan fingerprint density at radius 3 is 1.39 bits per heavy atom. The van der Waals surface area contributed by atoms with Gasteiger partial charge in [-0.05, 0) is 28.7 Å². The van der Waals surface area contributed by atoms with Crippen LogP contribution < -0.4 is 138 Å². The van der Waals surface area contributed by atoms with Gasteiger partial charge in [-0.15, -0.1) is 0 Å². The Hall–Kier alpha value is 2.09. The molecule has 0 aromatic heterocycles. The van der Waals surface area contributed by atoms with Crippen LogP contribution in [0.15, 0.2) is 48.5 Å². The monoisotopic (exact) mass is 647 g/mol. The van der Waals surface area contributed by atoms with Crippen molar-refractivity contribution in [2.45, 2.75) is 50.7 Å². The van der Waals surface area contributed by atoms with Gasteiger partial charge in [-0.3, -0.25) is 9.69 Å². The third-order valence-corrected chi connectivity index (χ3v) is 7.27. The molecule has 11 nitrogen and oxygen atoms in total. The topological polar surface area (TPSA) is 196 Å². The van der Waals surface area contributed by atoms with E-state index in [-0.39, 0.29) is 144 Å². The number of rotatable bonds is 15. The zero-order chi connectivity index (χ0) is 27.7. The molecule has 0 spiro atoms. The fourth-order valence-corrected chi connectivity index (χ4v) is 5.02. The van der Waals surface area contributed by atoms with Gasteiger partial charge in [0, 0.05) is 31.8 Å². The molecule has 0 aliphatic carbocycles. The van der Waals surface area contributed by atoms with Crippen LogP contribution in [-0.2, 0) is 44.1 Å². The van der Waals surface area contributed by atoms with Crippen LogP contribution >= 0.6 is 15.2 Å². The van der Waals surface area contributed by atoms with E-state index >= 15 is 0 Å². The van der Waals surface area contributed by atoms with Gasteiger partial charge >= 0.3 is 124 Å². The molecule has 0 bridgehead atoms. The van der Waals surface area contributed by atoms with E-state index in [2.05, 4.69) is 0 Å². The maximum Gasteiger partial charge on any atom is 1.00 e. The zero-order valence-electron chi connectivity index (χ0n) is 24.5. The molecule has 206 valence electrons. The third kappa shape index (κ3) is 18.1. The van der Waals surface area contributed by atoms with Gasteiger partial charge in [0.1, 0.15) is 12.1 Å². The Kier molecular flexibility index (Phi) is 26.2. The summed E-state index contributed by atoms with van der Waals surface area (Å²) in [6.07, 6.45) is -0.532.